The molecule has 1 aromatic carbocycles. The van der Waals surface area contributed by atoms with Crippen molar-refractivity contribution in [1.29, 1.82) is 0 Å². The van der Waals surface area contributed by atoms with E-state index in [2.05, 4.69) is 0 Å². The van der Waals surface area contributed by atoms with Gasteiger partial charge in [0, 0.05) is 0 Å². The van der Waals surface area contributed by atoms with Gasteiger partial charge in [0.15, 0.2) is 5.41 Å². The second kappa shape index (κ2) is 6.19. The Hall–Kier alpha value is -2.78. The molecule has 2 unspecified atom stereocenters. The zero-order chi connectivity index (χ0) is 19.9. The van der Waals surface area contributed by atoms with Crippen molar-refractivity contribution in [2.75, 3.05) is 0 Å². The molecule has 0 fully saturated rings. The van der Waals surface area contributed by atoms with E-state index in [0.717, 1.165) is 18.2 Å². The standard InChI is InChI=1S/C16H10F6O4/c17-15(18,19)9-4-1-3-8(7-9)10-5-2-6-14(13(25)26,16(20,21)22)11(10)12(23)24/h1-7,11H,(H,23,24)(H,25,26). The minimum Gasteiger partial charge on any atom is -0.481 e. The highest BCUT2D eigenvalue weighted by molar-refractivity contribution is 5.97. The number of benzene rings is 1. The maximum absolute atomic E-state index is 13.5. The molecule has 2 N–H and O–H groups in total. The van der Waals surface area contributed by atoms with Crippen molar-refractivity contribution in [1.82, 2.24) is 0 Å². The topological polar surface area (TPSA) is 74.6 Å². The number of rotatable bonds is 3. The van der Waals surface area contributed by atoms with Crippen molar-refractivity contribution < 1.29 is 46.1 Å². The van der Waals surface area contributed by atoms with E-state index in [1.54, 1.807) is 0 Å². The first-order valence-electron chi connectivity index (χ1n) is 6.92. The summed E-state index contributed by atoms with van der Waals surface area (Å²) in [4.78, 5) is 22.9. The Balaban J connectivity index is 2.71. The van der Waals surface area contributed by atoms with Crippen LogP contribution in [0.15, 0.2) is 42.5 Å². The van der Waals surface area contributed by atoms with E-state index >= 15 is 0 Å². The fraction of sp³-hybridized carbons (Fsp3) is 0.250. The Morgan fingerprint density at radius 2 is 1.65 bits per heavy atom. The monoisotopic (exact) mass is 380 g/mol. The molecule has 2 rings (SSSR count). The molecule has 0 aromatic heterocycles. The van der Waals surface area contributed by atoms with Gasteiger partial charge < -0.3 is 10.2 Å². The minimum atomic E-state index is -5.50. The molecule has 0 amide bonds. The van der Waals surface area contributed by atoms with Gasteiger partial charge in [-0.2, -0.15) is 26.3 Å². The highest BCUT2D eigenvalue weighted by Crippen LogP contribution is 2.52. The van der Waals surface area contributed by atoms with E-state index in [0.29, 0.717) is 18.2 Å². The van der Waals surface area contributed by atoms with E-state index < -0.39 is 52.3 Å². The van der Waals surface area contributed by atoms with Gasteiger partial charge in [-0.25, -0.2) is 0 Å². The predicted octanol–water partition coefficient (Wildman–Crippen LogP) is 3.99. The van der Waals surface area contributed by atoms with Crippen LogP contribution in [0.1, 0.15) is 11.1 Å². The number of hydrogen-bond acceptors (Lipinski definition) is 2. The van der Waals surface area contributed by atoms with Crippen LogP contribution in [-0.4, -0.2) is 28.3 Å². The van der Waals surface area contributed by atoms with Gasteiger partial charge in [0.25, 0.3) is 0 Å². The predicted molar refractivity (Wildman–Crippen MR) is 75.8 cm³/mol. The highest BCUT2D eigenvalue weighted by atomic mass is 19.4. The van der Waals surface area contributed by atoms with Gasteiger partial charge in [-0.15, -0.1) is 0 Å². The Morgan fingerprint density at radius 3 is 2.12 bits per heavy atom. The number of halogens is 6. The number of hydrogen-bond donors (Lipinski definition) is 2. The lowest BCUT2D eigenvalue weighted by Crippen LogP contribution is -2.53. The Bertz CT molecular complexity index is 806. The summed E-state index contributed by atoms with van der Waals surface area (Å²) in [5, 5.41) is 18.4. The van der Waals surface area contributed by atoms with E-state index in [4.69, 9.17) is 5.11 Å². The lowest BCUT2D eigenvalue weighted by molar-refractivity contribution is -0.228. The van der Waals surface area contributed by atoms with Crippen LogP contribution in [0, 0.1) is 11.3 Å². The van der Waals surface area contributed by atoms with Gasteiger partial charge in [0.2, 0.25) is 0 Å². The van der Waals surface area contributed by atoms with E-state index in [-0.39, 0.29) is 6.08 Å². The molecule has 0 bridgehead atoms. The third-order valence-corrected chi connectivity index (χ3v) is 3.99. The smallest absolute Gasteiger partial charge is 0.416 e. The van der Waals surface area contributed by atoms with Gasteiger partial charge in [-0.05, 0) is 23.3 Å². The largest absolute Gasteiger partial charge is 0.481 e. The van der Waals surface area contributed by atoms with Crippen LogP contribution in [0.4, 0.5) is 26.3 Å². The van der Waals surface area contributed by atoms with Gasteiger partial charge >= 0.3 is 24.3 Å². The second-order valence-corrected chi connectivity index (χ2v) is 5.50. The normalized spacial score (nSPS) is 23.5. The Morgan fingerprint density at radius 1 is 1.04 bits per heavy atom. The summed E-state index contributed by atoms with van der Waals surface area (Å²) in [6.45, 7) is 0. The summed E-state index contributed by atoms with van der Waals surface area (Å²) < 4.78 is 79.0. The summed E-state index contributed by atoms with van der Waals surface area (Å²) in [5.41, 5.74) is -6.17. The maximum atomic E-state index is 13.5. The van der Waals surface area contributed by atoms with Gasteiger partial charge in [-0.1, -0.05) is 30.4 Å². The highest BCUT2D eigenvalue weighted by Gasteiger charge is 2.67. The molecule has 0 saturated heterocycles. The molecular weight excluding hydrogens is 370 g/mol. The summed E-state index contributed by atoms with van der Waals surface area (Å²) >= 11 is 0. The second-order valence-electron chi connectivity index (χ2n) is 5.50. The van der Waals surface area contributed by atoms with E-state index in [1.165, 1.54) is 0 Å². The van der Waals surface area contributed by atoms with E-state index in [9.17, 15) is 41.0 Å². The molecule has 140 valence electrons. The molecule has 1 aromatic rings. The van der Waals surface area contributed by atoms with Crippen LogP contribution in [0.3, 0.4) is 0 Å². The molecule has 26 heavy (non-hydrogen) atoms. The summed E-state index contributed by atoms with van der Waals surface area (Å²) in [7, 11) is 0. The maximum Gasteiger partial charge on any atom is 0.416 e. The van der Waals surface area contributed by atoms with Crippen molar-refractivity contribution in [2.24, 2.45) is 11.3 Å². The molecule has 4 nitrogen and oxygen atoms in total. The Labute approximate surface area is 142 Å². The molecule has 10 heteroatoms. The van der Waals surface area contributed by atoms with Crippen LogP contribution in [-0.2, 0) is 15.8 Å². The molecule has 2 atom stereocenters. The molecule has 0 radical (unpaired) electrons. The average molecular weight is 380 g/mol. The van der Waals surface area contributed by atoms with Crippen LogP contribution in [0.25, 0.3) is 5.57 Å². The number of aliphatic carboxylic acids is 2. The number of allylic oxidation sites excluding steroid dienone is 2. The van der Waals surface area contributed by atoms with Crippen LogP contribution in [0.5, 0.6) is 0 Å². The lowest BCUT2D eigenvalue weighted by Gasteiger charge is -2.37. The number of carboxylic acids is 2. The van der Waals surface area contributed by atoms with Crippen LogP contribution < -0.4 is 0 Å². The van der Waals surface area contributed by atoms with Crippen LogP contribution in [0.2, 0.25) is 0 Å². The molecule has 1 aliphatic rings. The zero-order valence-electron chi connectivity index (χ0n) is 12.6. The minimum absolute atomic E-state index is 0.186. The number of carbonyl (C=O) groups is 2. The summed E-state index contributed by atoms with van der Waals surface area (Å²) in [6, 6.07) is 3.02. The molecule has 0 saturated carbocycles. The molecule has 1 aliphatic carbocycles. The van der Waals surface area contributed by atoms with Crippen LogP contribution >= 0.6 is 0 Å². The zero-order valence-corrected chi connectivity index (χ0v) is 12.6. The van der Waals surface area contributed by atoms with Crippen molar-refractivity contribution in [2.45, 2.75) is 12.4 Å². The first kappa shape index (κ1) is 19.5. The molecular formula is C16H10F6O4. The SMILES string of the molecule is O=C(O)C1C(c2cccc(C(F)(F)F)c2)=CC=CC1(C(=O)O)C(F)(F)F. The molecule has 0 heterocycles. The third-order valence-electron chi connectivity index (χ3n) is 3.99. The fourth-order valence-electron chi connectivity index (χ4n) is 2.78. The van der Waals surface area contributed by atoms with Crippen molar-refractivity contribution >= 4 is 17.5 Å². The number of carboxylic acid groups (broad SMARTS) is 2. The van der Waals surface area contributed by atoms with Crippen molar-refractivity contribution in [3.8, 4) is 0 Å². The van der Waals surface area contributed by atoms with Crippen molar-refractivity contribution in [3.05, 3.63) is 53.6 Å². The molecule has 0 spiro atoms. The summed E-state index contributed by atoms with van der Waals surface area (Å²) in [5.74, 6) is -7.25. The van der Waals surface area contributed by atoms with Gasteiger partial charge in [-0.3, -0.25) is 9.59 Å². The molecule has 0 aliphatic heterocycles. The fourth-order valence-corrected chi connectivity index (χ4v) is 2.78. The number of alkyl halides is 6. The van der Waals surface area contributed by atoms with Crippen molar-refractivity contribution in [3.63, 3.8) is 0 Å². The van der Waals surface area contributed by atoms with Gasteiger partial charge in [0.1, 0.15) is 5.92 Å². The average Bonchev–Trinajstić information content (AvgIpc) is 2.51. The summed E-state index contributed by atoms with van der Waals surface area (Å²) in [6.07, 6.45) is -8.59. The first-order chi connectivity index (χ1) is 11.8. The lowest BCUT2D eigenvalue weighted by atomic mass is 9.67. The Kier molecular flexibility index (Phi) is 4.65. The third kappa shape index (κ3) is 3.06. The van der Waals surface area contributed by atoms with E-state index in [1.807, 2.05) is 0 Å². The quantitative estimate of drug-likeness (QED) is 0.778. The van der Waals surface area contributed by atoms with Gasteiger partial charge in [0.05, 0.1) is 5.56 Å². The first-order valence-corrected chi connectivity index (χ1v) is 6.92.